The number of amides is 2. The van der Waals surface area contributed by atoms with E-state index in [2.05, 4.69) is 21.2 Å². The quantitative estimate of drug-likeness (QED) is 0.261. The summed E-state index contributed by atoms with van der Waals surface area (Å²) in [5, 5.41) is 3.93. The van der Waals surface area contributed by atoms with E-state index in [-0.39, 0.29) is 24.9 Å². The van der Waals surface area contributed by atoms with Crippen LogP contribution in [-0.2, 0) is 32.6 Å². The molecule has 11 heteroatoms. The Morgan fingerprint density at radius 3 is 2.27 bits per heavy atom. The van der Waals surface area contributed by atoms with Crippen LogP contribution in [0.1, 0.15) is 36.8 Å². The molecule has 1 aliphatic carbocycles. The first-order valence-electron chi connectivity index (χ1n) is 13.3. The van der Waals surface area contributed by atoms with E-state index in [4.69, 9.17) is 23.2 Å². The van der Waals surface area contributed by atoms with E-state index < -0.39 is 28.5 Å². The predicted molar refractivity (Wildman–Crippen MR) is 168 cm³/mol. The first kappa shape index (κ1) is 31.3. The molecule has 1 fully saturated rings. The van der Waals surface area contributed by atoms with Crippen LogP contribution in [-0.4, -0.2) is 50.0 Å². The van der Waals surface area contributed by atoms with Crippen LogP contribution in [0.4, 0.5) is 5.69 Å². The highest BCUT2D eigenvalue weighted by molar-refractivity contribution is 9.10. The summed E-state index contributed by atoms with van der Waals surface area (Å²) in [6, 6.07) is 20.2. The van der Waals surface area contributed by atoms with Gasteiger partial charge in [0.2, 0.25) is 21.8 Å². The third-order valence-corrected chi connectivity index (χ3v) is 9.38. The van der Waals surface area contributed by atoms with Crippen LogP contribution in [0.5, 0.6) is 0 Å². The molecule has 0 spiro atoms. The van der Waals surface area contributed by atoms with Crippen molar-refractivity contribution >= 4 is 66.7 Å². The average Bonchev–Trinajstić information content (AvgIpc) is 3.44. The summed E-state index contributed by atoms with van der Waals surface area (Å²) < 4.78 is 27.6. The van der Waals surface area contributed by atoms with Gasteiger partial charge in [0.15, 0.2) is 0 Å². The summed E-state index contributed by atoms with van der Waals surface area (Å²) in [6.07, 6.45) is 5.13. The van der Waals surface area contributed by atoms with E-state index in [1.807, 2.05) is 30.3 Å². The Kier molecular flexibility index (Phi) is 10.7. The number of nitrogens with zero attached hydrogens (tertiary/aromatic N) is 2. The van der Waals surface area contributed by atoms with Gasteiger partial charge in [-0.3, -0.25) is 13.9 Å². The molecule has 0 radical (unpaired) electrons. The van der Waals surface area contributed by atoms with Crippen molar-refractivity contribution < 1.29 is 18.0 Å². The molecule has 1 saturated carbocycles. The third kappa shape index (κ3) is 8.70. The second-order valence-electron chi connectivity index (χ2n) is 10.2. The van der Waals surface area contributed by atoms with Gasteiger partial charge in [-0.05, 0) is 60.4 Å². The molecule has 1 aliphatic rings. The van der Waals surface area contributed by atoms with Crippen molar-refractivity contribution in [2.75, 3.05) is 17.1 Å². The van der Waals surface area contributed by atoms with Crippen molar-refractivity contribution in [2.24, 2.45) is 0 Å². The van der Waals surface area contributed by atoms with E-state index in [0.29, 0.717) is 21.3 Å². The van der Waals surface area contributed by atoms with Crippen LogP contribution in [0.3, 0.4) is 0 Å². The summed E-state index contributed by atoms with van der Waals surface area (Å²) in [6.45, 7) is -0.504. The van der Waals surface area contributed by atoms with E-state index >= 15 is 0 Å². The minimum absolute atomic E-state index is 0.0115. The van der Waals surface area contributed by atoms with Gasteiger partial charge in [0.1, 0.15) is 12.6 Å². The second-order valence-corrected chi connectivity index (χ2v) is 13.9. The minimum Gasteiger partial charge on any atom is -0.352 e. The van der Waals surface area contributed by atoms with E-state index in [0.717, 1.165) is 46.3 Å². The minimum atomic E-state index is -3.84. The highest BCUT2D eigenvalue weighted by Gasteiger charge is 2.34. The number of hydrogen-bond acceptors (Lipinski definition) is 4. The molecule has 0 aromatic heterocycles. The maximum Gasteiger partial charge on any atom is 0.244 e. The van der Waals surface area contributed by atoms with Gasteiger partial charge < -0.3 is 10.2 Å². The van der Waals surface area contributed by atoms with E-state index in [1.165, 1.54) is 4.90 Å². The molecule has 218 valence electrons. The van der Waals surface area contributed by atoms with Gasteiger partial charge >= 0.3 is 0 Å². The van der Waals surface area contributed by atoms with Crippen LogP contribution in [0, 0.1) is 0 Å². The van der Waals surface area contributed by atoms with Crippen molar-refractivity contribution in [3.8, 4) is 0 Å². The maximum absolute atomic E-state index is 14.2. The lowest BCUT2D eigenvalue weighted by Gasteiger charge is -2.34. The second kappa shape index (κ2) is 14.1. The lowest BCUT2D eigenvalue weighted by Crippen LogP contribution is -2.54. The normalized spacial score (nSPS) is 14.4. The molecule has 0 saturated heterocycles. The molecule has 0 aliphatic heterocycles. The molecule has 7 nitrogen and oxygen atoms in total. The molecule has 3 aromatic carbocycles. The number of sulfonamides is 1. The van der Waals surface area contributed by atoms with Crippen molar-refractivity contribution in [3.05, 3.63) is 98.4 Å². The van der Waals surface area contributed by atoms with Gasteiger partial charge in [0, 0.05) is 33.5 Å². The first-order chi connectivity index (χ1) is 19.5. The molecule has 2 amide bonds. The zero-order chi connectivity index (χ0) is 29.6. The number of halogens is 3. The number of benzene rings is 3. The Morgan fingerprint density at radius 2 is 1.66 bits per heavy atom. The Hall–Kier alpha value is -2.59. The summed E-state index contributed by atoms with van der Waals surface area (Å²) in [4.78, 5) is 29.5. The van der Waals surface area contributed by atoms with Crippen molar-refractivity contribution in [1.29, 1.82) is 0 Å². The van der Waals surface area contributed by atoms with Crippen LogP contribution in [0.15, 0.2) is 77.3 Å². The smallest absolute Gasteiger partial charge is 0.244 e. The van der Waals surface area contributed by atoms with Crippen LogP contribution in [0.25, 0.3) is 0 Å². The Labute approximate surface area is 260 Å². The van der Waals surface area contributed by atoms with Gasteiger partial charge in [-0.1, -0.05) is 88.4 Å². The predicted octanol–water partition coefficient (Wildman–Crippen LogP) is 6.22. The van der Waals surface area contributed by atoms with Gasteiger partial charge in [0.25, 0.3) is 0 Å². The fraction of sp³-hybridized carbons (Fsp3) is 0.333. The van der Waals surface area contributed by atoms with Gasteiger partial charge in [-0.15, -0.1) is 0 Å². The van der Waals surface area contributed by atoms with Crippen LogP contribution in [0.2, 0.25) is 10.0 Å². The summed E-state index contributed by atoms with van der Waals surface area (Å²) in [5.74, 6) is -0.819. The number of nitrogens with one attached hydrogen (secondary N) is 1. The topological polar surface area (TPSA) is 86.8 Å². The van der Waals surface area contributed by atoms with Gasteiger partial charge in [-0.2, -0.15) is 0 Å². The number of carbonyl (C=O) groups is 2. The SMILES string of the molecule is CS(=O)(=O)N(CC(=O)N(Cc1ccc(Cl)cc1Cl)[C@@H](Cc1ccccc1)C(=O)NC1CCCC1)c1ccc(Br)cc1. The Bertz CT molecular complexity index is 1470. The summed E-state index contributed by atoms with van der Waals surface area (Å²) in [5.41, 5.74) is 1.79. The highest BCUT2D eigenvalue weighted by atomic mass is 79.9. The zero-order valence-corrected chi connectivity index (χ0v) is 26.5. The molecule has 3 aromatic rings. The van der Waals surface area contributed by atoms with E-state index in [9.17, 15) is 18.0 Å². The fourth-order valence-corrected chi connectivity index (χ4v) is 6.56. The largest absolute Gasteiger partial charge is 0.352 e. The molecule has 41 heavy (non-hydrogen) atoms. The highest BCUT2D eigenvalue weighted by Crippen LogP contribution is 2.26. The first-order valence-corrected chi connectivity index (χ1v) is 16.7. The van der Waals surface area contributed by atoms with Gasteiger partial charge in [0.05, 0.1) is 11.9 Å². The molecular formula is C30H32BrCl2N3O4S. The number of anilines is 1. The van der Waals surface area contributed by atoms with Crippen molar-refractivity contribution in [3.63, 3.8) is 0 Å². The fourth-order valence-electron chi connectivity index (χ4n) is 4.98. The molecule has 1 N–H and O–H groups in total. The standard InChI is InChI=1S/C30H32BrCl2N3O4S/c1-41(39,40)36(26-15-12-23(31)13-16-26)20-29(37)35(19-22-11-14-24(32)18-27(22)33)28(17-21-7-3-2-4-8-21)30(38)34-25-9-5-6-10-25/h2-4,7-8,11-16,18,25,28H,5-6,9-10,17,19-20H2,1H3,(H,34,38)/t28-/m0/s1. The number of carbonyl (C=O) groups excluding carboxylic acids is 2. The molecule has 0 heterocycles. The van der Waals surface area contributed by atoms with Crippen LogP contribution >= 0.6 is 39.1 Å². The maximum atomic E-state index is 14.2. The average molecular weight is 681 g/mol. The summed E-state index contributed by atoms with van der Waals surface area (Å²) in [7, 11) is -3.84. The third-order valence-electron chi connectivity index (χ3n) is 7.12. The molecule has 0 bridgehead atoms. The van der Waals surface area contributed by atoms with Crippen molar-refractivity contribution in [2.45, 2.75) is 50.7 Å². The Balaban J connectivity index is 1.74. The lowest BCUT2D eigenvalue weighted by molar-refractivity contribution is -0.140. The number of hydrogen-bond donors (Lipinski definition) is 1. The Morgan fingerprint density at radius 1 is 1.00 bits per heavy atom. The monoisotopic (exact) mass is 679 g/mol. The number of rotatable bonds is 11. The molecule has 1 atom stereocenters. The zero-order valence-electron chi connectivity index (χ0n) is 22.6. The van der Waals surface area contributed by atoms with Gasteiger partial charge in [-0.25, -0.2) is 8.42 Å². The molecular weight excluding hydrogens is 649 g/mol. The molecule has 4 rings (SSSR count). The van der Waals surface area contributed by atoms with E-state index in [1.54, 1.807) is 42.5 Å². The van der Waals surface area contributed by atoms with Crippen molar-refractivity contribution in [1.82, 2.24) is 10.2 Å². The molecule has 0 unspecified atom stereocenters. The van der Waals surface area contributed by atoms with Crippen LogP contribution < -0.4 is 9.62 Å². The lowest BCUT2D eigenvalue weighted by atomic mass is 10.0. The summed E-state index contributed by atoms with van der Waals surface area (Å²) >= 11 is 16.0.